The SMILES string of the molecule is CC(C)NC(=O)c1ccc(COc2c(F)c(F)cc(F)c2F)o1. The van der Waals surface area contributed by atoms with Crippen molar-refractivity contribution < 1.29 is 31.5 Å². The molecule has 0 aliphatic rings. The van der Waals surface area contributed by atoms with Gasteiger partial charge in [-0.1, -0.05) is 0 Å². The van der Waals surface area contributed by atoms with Crippen LogP contribution in [0, 0.1) is 23.3 Å². The molecule has 1 aromatic carbocycles. The number of carbonyl (C=O) groups excluding carboxylic acids is 1. The summed E-state index contributed by atoms with van der Waals surface area (Å²) in [5.74, 6) is -8.06. The molecule has 0 saturated heterocycles. The summed E-state index contributed by atoms with van der Waals surface area (Å²) in [5.41, 5.74) is 0. The lowest BCUT2D eigenvalue weighted by Crippen LogP contribution is -2.29. The number of nitrogens with one attached hydrogen (secondary N) is 1. The van der Waals surface area contributed by atoms with Crippen LogP contribution in [-0.4, -0.2) is 11.9 Å². The Balaban J connectivity index is 2.11. The molecule has 0 spiro atoms. The molecular weight excluding hydrogens is 318 g/mol. The van der Waals surface area contributed by atoms with E-state index in [1.54, 1.807) is 13.8 Å². The molecule has 0 saturated carbocycles. The van der Waals surface area contributed by atoms with E-state index in [0.29, 0.717) is 0 Å². The summed E-state index contributed by atoms with van der Waals surface area (Å²) in [4.78, 5) is 11.7. The van der Waals surface area contributed by atoms with Crippen LogP contribution in [0.2, 0.25) is 0 Å². The second-order valence-electron chi connectivity index (χ2n) is 4.98. The first-order valence-electron chi connectivity index (χ1n) is 6.65. The van der Waals surface area contributed by atoms with Crippen LogP contribution in [0.4, 0.5) is 17.6 Å². The minimum absolute atomic E-state index is 0.0244. The van der Waals surface area contributed by atoms with E-state index in [2.05, 4.69) is 5.32 Å². The van der Waals surface area contributed by atoms with Gasteiger partial charge in [0.15, 0.2) is 23.1 Å². The summed E-state index contributed by atoms with van der Waals surface area (Å²) in [6.45, 7) is 3.01. The maximum atomic E-state index is 13.4. The number of furan rings is 1. The van der Waals surface area contributed by atoms with Gasteiger partial charge in [-0.2, -0.15) is 8.78 Å². The van der Waals surface area contributed by atoms with E-state index in [0.717, 1.165) is 0 Å². The lowest BCUT2D eigenvalue weighted by molar-refractivity contribution is 0.0910. The molecule has 1 heterocycles. The fourth-order valence-electron chi connectivity index (χ4n) is 1.73. The van der Waals surface area contributed by atoms with E-state index in [9.17, 15) is 22.4 Å². The summed E-state index contributed by atoms with van der Waals surface area (Å²) < 4.78 is 62.8. The van der Waals surface area contributed by atoms with Crippen molar-refractivity contribution in [3.63, 3.8) is 0 Å². The first-order valence-corrected chi connectivity index (χ1v) is 6.65. The summed E-state index contributed by atoms with van der Waals surface area (Å²) in [6, 6.07) is 2.67. The predicted molar refractivity (Wildman–Crippen MR) is 71.9 cm³/mol. The van der Waals surface area contributed by atoms with Crippen molar-refractivity contribution in [2.24, 2.45) is 0 Å². The zero-order valence-corrected chi connectivity index (χ0v) is 12.3. The molecule has 23 heavy (non-hydrogen) atoms. The van der Waals surface area contributed by atoms with E-state index in [4.69, 9.17) is 9.15 Å². The Morgan fingerprint density at radius 1 is 1.17 bits per heavy atom. The second-order valence-corrected chi connectivity index (χ2v) is 4.98. The van der Waals surface area contributed by atoms with Crippen LogP contribution < -0.4 is 10.1 Å². The lowest BCUT2D eigenvalue weighted by atomic mass is 10.3. The van der Waals surface area contributed by atoms with E-state index in [-0.39, 0.29) is 23.6 Å². The topological polar surface area (TPSA) is 51.5 Å². The van der Waals surface area contributed by atoms with Gasteiger partial charge >= 0.3 is 0 Å². The van der Waals surface area contributed by atoms with Gasteiger partial charge < -0.3 is 14.5 Å². The molecule has 124 valence electrons. The molecule has 2 aromatic rings. The molecule has 1 aromatic heterocycles. The third kappa shape index (κ3) is 3.82. The van der Waals surface area contributed by atoms with Crippen LogP contribution in [0.3, 0.4) is 0 Å². The van der Waals surface area contributed by atoms with Gasteiger partial charge in [0.05, 0.1) is 0 Å². The molecule has 1 amide bonds. The van der Waals surface area contributed by atoms with E-state index < -0.39 is 41.5 Å². The quantitative estimate of drug-likeness (QED) is 0.673. The Morgan fingerprint density at radius 3 is 2.35 bits per heavy atom. The molecule has 0 unspecified atom stereocenters. The van der Waals surface area contributed by atoms with Crippen LogP contribution in [0.25, 0.3) is 0 Å². The molecule has 0 atom stereocenters. The average molecular weight is 331 g/mol. The van der Waals surface area contributed by atoms with Gasteiger partial charge in [-0.25, -0.2) is 8.78 Å². The van der Waals surface area contributed by atoms with Crippen LogP contribution in [0.1, 0.15) is 30.2 Å². The molecule has 0 aliphatic heterocycles. The average Bonchev–Trinajstić information content (AvgIpc) is 2.93. The number of carbonyl (C=O) groups is 1. The highest BCUT2D eigenvalue weighted by Crippen LogP contribution is 2.27. The summed E-state index contributed by atoms with van der Waals surface area (Å²) in [7, 11) is 0. The minimum atomic E-state index is -1.65. The third-order valence-corrected chi connectivity index (χ3v) is 2.74. The van der Waals surface area contributed by atoms with Gasteiger partial charge in [0.25, 0.3) is 5.91 Å². The van der Waals surface area contributed by atoms with Crippen molar-refractivity contribution in [3.8, 4) is 5.75 Å². The number of halogens is 4. The van der Waals surface area contributed by atoms with Gasteiger partial charge in [-0.3, -0.25) is 4.79 Å². The standard InChI is InChI=1S/C15H13F4NO3/c1-7(2)20-15(21)11-4-3-8(23-11)6-22-14-12(18)9(16)5-10(17)13(14)19/h3-5,7H,6H2,1-2H3,(H,20,21). The zero-order chi connectivity index (χ0) is 17.1. The number of rotatable bonds is 5. The van der Waals surface area contributed by atoms with E-state index in [1.165, 1.54) is 12.1 Å². The normalized spacial score (nSPS) is 10.9. The molecule has 1 N–H and O–H groups in total. The number of ether oxygens (including phenoxy) is 1. The Kier molecular flexibility index (Phi) is 4.92. The third-order valence-electron chi connectivity index (χ3n) is 2.74. The number of amides is 1. The smallest absolute Gasteiger partial charge is 0.287 e. The fourth-order valence-corrected chi connectivity index (χ4v) is 1.73. The van der Waals surface area contributed by atoms with Crippen LogP contribution >= 0.6 is 0 Å². The highest BCUT2D eigenvalue weighted by Gasteiger charge is 2.21. The van der Waals surface area contributed by atoms with Crippen molar-refractivity contribution in [1.82, 2.24) is 5.32 Å². The lowest BCUT2D eigenvalue weighted by Gasteiger charge is -2.08. The van der Waals surface area contributed by atoms with Crippen molar-refractivity contribution in [1.29, 1.82) is 0 Å². The second kappa shape index (κ2) is 6.72. The van der Waals surface area contributed by atoms with Crippen molar-refractivity contribution >= 4 is 5.91 Å². The van der Waals surface area contributed by atoms with Crippen LogP contribution in [0.15, 0.2) is 22.6 Å². The molecule has 0 aliphatic carbocycles. The van der Waals surface area contributed by atoms with Gasteiger partial charge in [0.1, 0.15) is 12.4 Å². The summed E-state index contributed by atoms with van der Waals surface area (Å²) in [6.07, 6.45) is 0. The largest absolute Gasteiger partial charge is 0.479 e. The molecule has 0 radical (unpaired) electrons. The summed E-state index contributed by atoms with van der Waals surface area (Å²) in [5, 5.41) is 2.59. The van der Waals surface area contributed by atoms with Gasteiger partial charge in [-0.05, 0) is 26.0 Å². The molecule has 8 heteroatoms. The Morgan fingerprint density at radius 2 is 1.78 bits per heavy atom. The Bertz CT molecular complexity index is 702. The molecule has 0 bridgehead atoms. The van der Waals surface area contributed by atoms with E-state index in [1.807, 2.05) is 0 Å². The first-order chi connectivity index (χ1) is 10.8. The number of hydrogen-bond acceptors (Lipinski definition) is 3. The number of benzene rings is 1. The Labute approximate surface area is 129 Å². The molecule has 4 nitrogen and oxygen atoms in total. The fraction of sp³-hybridized carbons (Fsp3) is 0.267. The van der Waals surface area contributed by atoms with Crippen LogP contribution in [0.5, 0.6) is 5.75 Å². The van der Waals surface area contributed by atoms with Gasteiger partial charge in [0, 0.05) is 12.1 Å². The van der Waals surface area contributed by atoms with Crippen molar-refractivity contribution in [2.45, 2.75) is 26.5 Å². The predicted octanol–water partition coefficient (Wildman–Crippen LogP) is 3.55. The highest BCUT2D eigenvalue weighted by atomic mass is 19.2. The van der Waals surface area contributed by atoms with Gasteiger partial charge in [0.2, 0.25) is 11.6 Å². The molecule has 0 fully saturated rings. The molecule has 2 rings (SSSR count). The van der Waals surface area contributed by atoms with Crippen molar-refractivity contribution in [2.75, 3.05) is 0 Å². The first kappa shape index (κ1) is 16.9. The number of hydrogen-bond donors (Lipinski definition) is 1. The van der Waals surface area contributed by atoms with E-state index >= 15 is 0 Å². The molecular formula is C15H13F4NO3. The van der Waals surface area contributed by atoms with Crippen LogP contribution in [-0.2, 0) is 6.61 Å². The highest BCUT2D eigenvalue weighted by molar-refractivity contribution is 5.91. The minimum Gasteiger partial charge on any atom is -0.479 e. The summed E-state index contributed by atoms with van der Waals surface area (Å²) >= 11 is 0. The monoisotopic (exact) mass is 331 g/mol. The van der Waals surface area contributed by atoms with Gasteiger partial charge in [-0.15, -0.1) is 0 Å². The van der Waals surface area contributed by atoms with Crippen molar-refractivity contribution in [3.05, 3.63) is 53.0 Å². The Hall–Kier alpha value is -2.51. The maximum Gasteiger partial charge on any atom is 0.287 e. The zero-order valence-electron chi connectivity index (χ0n) is 12.3. The maximum absolute atomic E-state index is 13.4.